The van der Waals surface area contributed by atoms with E-state index in [2.05, 4.69) is 34.5 Å². The number of likely N-dealkylation sites (tertiary alicyclic amines) is 1. The highest BCUT2D eigenvalue weighted by Gasteiger charge is 2.20. The summed E-state index contributed by atoms with van der Waals surface area (Å²) in [4.78, 5) is 14.5. The summed E-state index contributed by atoms with van der Waals surface area (Å²) in [6.07, 6.45) is 1.84. The molecule has 0 radical (unpaired) electrons. The number of benzene rings is 2. The molecule has 2 aromatic rings. The first-order chi connectivity index (χ1) is 12.6. The Morgan fingerprint density at radius 2 is 1.92 bits per heavy atom. The third kappa shape index (κ3) is 5.44. The summed E-state index contributed by atoms with van der Waals surface area (Å²) in [7, 11) is 0. The number of piperidine rings is 1. The summed E-state index contributed by atoms with van der Waals surface area (Å²) in [6, 6.07) is 14.6. The smallest absolute Gasteiger partial charge is 0.258 e. The molecule has 1 N–H and O–H groups in total. The number of carbonyl (C=O) groups excluding carboxylic acids is 1. The lowest BCUT2D eigenvalue weighted by Crippen LogP contribution is -2.45. The van der Waals surface area contributed by atoms with Crippen molar-refractivity contribution in [3.63, 3.8) is 0 Å². The molecule has 1 fully saturated rings. The molecule has 0 bridgehead atoms. The summed E-state index contributed by atoms with van der Waals surface area (Å²) < 4.78 is 18.5. The van der Waals surface area contributed by atoms with E-state index < -0.39 is 5.82 Å². The van der Waals surface area contributed by atoms with Gasteiger partial charge in [0.15, 0.2) is 6.61 Å². The van der Waals surface area contributed by atoms with E-state index in [0.29, 0.717) is 5.75 Å². The lowest BCUT2D eigenvalue weighted by atomic mass is 10.0. The van der Waals surface area contributed by atoms with Crippen LogP contribution >= 0.6 is 11.6 Å². The minimum atomic E-state index is -0.509. The number of nitrogens with one attached hydrogen (secondary N) is 1. The maximum atomic E-state index is 13.1. The van der Waals surface area contributed by atoms with Gasteiger partial charge in [-0.1, -0.05) is 41.9 Å². The van der Waals surface area contributed by atoms with E-state index in [-0.39, 0.29) is 23.6 Å². The molecular weight excluding hydrogens is 355 g/mol. The van der Waals surface area contributed by atoms with Crippen LogP contribution in [0.3, 0.4) is 0 Å². The molecule has 0 atom stereocenters. The Morgan fingerprint density at radius 1 is 1.19 bits per heavy atom. The Morgan fingerprint density at radius 3 is 2.62 bits per heavy atom. The van der Waals surface area contributed by atoms with Gasteiger partial charge in [-0.2, -0.15) is 0 Å². The van der Waals surface area contributed by atoms with Crippen molar-refractivity contribution in [2.45, 2.75) is 25.4 Å². The van der Waals surface area contributed by atoms with E-state index in [1.54, 1.807) is 0 Å². The summed E-state index contributed by atoms with van der Waals surface area (Å²) in [5, 5.41) is 2.98. The van der Waals surface area contributed by atoms with Crippen LogP contribution in [0.25, 0.3) is 0 Å². The van der Waals surface area contributed by atoms with Gasteiger partial charge in [-0.05, 0) is 30.5 Å². The standard InChI is InChI=1S/C20H22ClFN2O2/c21-18-12-17(6-7-19(18)22)26-14-20(25)23-16-8-10-24(11-9-16)13-15-4-2-1-3-5-15/h1-7,12,16H,8-11,13-14H2,(H,23,25). The van der Waals surface area contributed by atoms with E-state index in [0.717, 1.165) is 32.5 Å². The van der Waals surface area contributed by atoms with E-state index in [1.165, 1.54) is 23.8 Å². The van der Waals surface area contributed by atoms with Crippen LogP contribution in [0, 0.1) is 5.82 Å². The predicted octanol–water partition coefficient (Wildman–Crippen LogP) is 3.64. The van der Waals surface area contributed by atoms with E-state index >= 15 is 0 Å². The zero-order valence-corrected chi connectivity index (χ0v) is 15.2. The lowest BCUT2D eigenvalue weighted by molar-refractivity contribution is -0.124. The SMILES string of the molecule is O=C(COc1ccc(F)c(Cl)c1)NC1CCN(Cc2ccccc2)CC1. The van der Waals surface area contributed by atoms with Crippen LogP contribution in [0.1, 0.15) is 18.4 Å². The molecular formula is C20H22ClFN2O2. The maximum absolute atomic E-state index is 13.1. The monoisotopic (exact) mass is 376 g/mol. The molecule has 0 aliphatic carbocycles. The Hall–Kier alpha value is -2.11. The first-order valence-corrected chi connectivity index (χ1v) is 9.11. The fourth-order valence-corrected chi connectivity index (χ4v) is 3.23. The van der Waals surface area contributed by atoms with Crippen LogP contribution in [0.2, 0.25) is 5.02 Å². The number of rotatable bonds is 6. The molecule has 1 saturated heterocycles. The molecule has 2 aromatic carbocycles. The van der Waals surface area contributed by atoms with Gasteiger partial charge >= 0.3 is 0 Å². The zero-order chi connectivity index (χ0) is 18.4. The molecule has 1 aliphatic heterocycles. The lowest BCUT2D eigenvalue weighted by Gasteiger charge is -2.32. The molecule has 26 heavy (non-hydrogen) atoms. The summed E-state index contributed by atoms with van der Waals surface area (Å²) in [5.41, 5.74) is 1.31. The second-order valence-electron chi connectivity index (χ2n) is 6.47. The Balaban J connectivity index is 1.38. The van der Waals surface area contributed by atoms with Crippen molar-refractivity contribution >= 4 is 17.5 Å². The molecule has 0 aromatic heterocycles. The van der Waals surface area contributed by atoms with Gasteiger partial charge in [-0.25, -0.2) is 4.39 Å². The number of halogens is 2. The van der Waals surface area contributed by atoms with Crippen molar-refractivity contribution in [3.8, 4) is 5.75 Å². The van der Waals surface area contributed by atoms with Crippen LogP contribution in [0.15, 0.2) is 48.5 Å². The van der Waals surface area contributed by atoms with Crippen LogP contribution in [-0.2, 0) is 11.3 Å². The molecule has 0 spiro atoms. The Labute approximate surface area is 157 Å². The molecule has 1 heterocycles. The highest BCUT2D eigenvalue weighted by molar-refractivity contribution is 6.30. The number of nitrogens with zero attached hydrogens (tertiary/aromatic N) is 1. The van der Waals surface area contributed by atoms with E-state index in [4.69, 9.17) is 16.3 Å². The molecule has 4 nitrogen and oxygen atoms in total. The minimum absolute atomic E-state index is 0.0197. The highest BCUT2D eigenvalue weighted by atomic mass is 35.5. The van der Waals surface area contributed by atoms with Gasteiger partial charge in [0.2, 0.25) is 0 Å². The second kappa shape index (κ2) is 9.01. The highest BCUT2D eigenvalue weighted by Crippen LogP contribution is 2.21. The quantitative estimate of drug-likeness (QED) is 0.836. The Kier molecular flexibility index (Phi) is 6.47. The van der Waals surface area contributed by atoms with E-state index in [1.807, 2.05) is 6.07 Å². The molecule has 0 saturated carbocycles. The summed E-state index contributed by atoms with van der Waals surface area (Å²) in [6.45, 7) is 2.74. The molecule has 3 rings (SSSR count). The molecule has 138 valence electrons. The summed E-state index contributed by atoms with van der Waals surface area (Å²) >= 11 is 5.70. The normalized spacial score (nSPS) is 15.6. The Bertz CT molecular complexity index is 734. The first-order valence-electron chi connectivity index (χ1n) is 8.73. The van der Waals surface area contributed by atoms with Gasteiger partial charge in [0.1, 0.15) is 11.6 Å². The number of hydrogen-bond donors (Lipinski definition) is 1. The first kappa shape index (κ1) is 18.7. The molecule has 1 aliphatic rings. The molecule has 1 amide bonds. The topological polar surface area (TPSA) is 41.6 Å². The van der Waals surface area contributed by atoms with Gasteiger partial charge in [-0.15, -0.1) is 0 Å². The minimum Gasteiger partial charge on any atom is -0.484 e. The van der Waals surface area contributed by atoms with Gasteiger partial charge in [0.25, 0.3) is 5.91 Å². The number of amides is 1. The van der Waals surface area contributed by atoms with E-state index in [9.17, 15) is 9.18 Å². The average molecular weight is 377 g/mol. The predicted molar refractivity (Wildman–Crippen MR) is 99.8 cm³/mol. The zero-order valence-electron chi connectivity index (χ0n) is 14.5. The summed E-state index contributed by atoms with van der Waals surface area (Å²) in [5.74, 6) is -0.304. The van der Waals surface area contributed by atoms with Crippen LogP contribution < -0.4 is 10.1 Å². The van der Waals surface area contributed by atoms with Crippen molar-refractivity contribution in [2.75, 3.05) is 19.7 Å². The third-order valence-corrected chi connectivity index (χ3v) is 4.75. The largest absolute Gasteiger partial charge is 0.484 e. The fourth-order valence-electron chi connectivity index (χ4n) is 3.06. The average Bonchev–Trinajstić information content (AvgIpc) is 2.65. The van der Waals surface area contributed by atoms with Crippen LogP contribution in [-0.4, -0.2) is 36.5 Å². The van der Waals surface area contributed by atoms with Crippen molar-refractivity contribution in [3.05, 3.63) is 64.9 Å². The fraction of sp³-hybridized carbons (Fsp3) is 0.350. The number of ether oxygens (including phenoxy) is 1. The van der Waals surface area contributed by atoms with Crippen molar-refractivity contribution in [1.29, 1.82) is 0 Å². The molecule has 6 heteroatoms. The van der Waals surface area contributed by atoms with Gasteiger partial charge in [0.05, 0.1) is 5.02 Å². The van der Waals surface area contributed by atoms with Crippen LogP contribution in [0.4, 0.5) is 4.39 Å². The third-order valence-electron chi connectivity index (χ3n) is 4.46. The molecule has 0 unspecified atom stereocenters. The van der Waals surface area contributed by atoms with Crippen molar-refractivity contribution < 1.29 is 13.9 Å². The van der Waals surface area contributed by atoms with Gasteiger partial charge in [-0.3, -0.25) is 9.69 Å². The van der Waals surface area contributed by atoms with Gasteiger partial charge < -0.3 is 10.1 Å². The second-order valence-corrected chi connectivity index (χ2v) is 6.88. The maximum Gasteiger partial charge on any atom is 0.258 e. The van der Waals surface area contributed by atoms with Gasteiger partial charge in [0, 0.05) is 31.7 Å². The van der Waals surface area contributed by atoms with Crippen molar-refractivity contribution in [1.82, 2.24) is 10.2 Å². The number of carbonyl (C=O) groups is 1. The number of hydrogen-bond acceptors (Lipinski definition) is 3. The van der Waals surface area contributed by atoms with Crippen molar-refractivity contribution in [2.24, 2.45) is 0 Å². The van der Waals surface area contributed by atoms with Crippen LogP contribution in [0.5, 0.6) is 5.75 Å².